The number of aromatic nitrogens is 1. The van der Waals surface area contributed by atoms with Crippen LogP contribution in [0.5, 0.6) is 0 Å². The van der Waals surface area contributed by atoms with Gasteiger partial charge < -0.3 is 22.2 Å². The number of halogens is 2. The van der Waals surface area contributed by atoms with Crippen molar-refractivity contribution in [3.63, 3.8) is 0 Å². The number of nitrogens with zero attached hydrogens (tertiary/aromatic N) is 5. The first-order valence-corrected chi connectivity index (χ1v) is 10.1. The molecule has 27 heavy (non-hydrogen) atoms. The number of hydrogen-bond acceptors (Lipinski definition) is 5. The van der Waals surface area contributed by atoms with E-state index in [0.29, 0.717) is 0 Å². The van der Waals surface area contributed by atoms with Crippen molar-refractivity contribution in [3.05, 3.63) is 30.1 Å². The third kappa shape index (κ3) is 8.55. The average Bonchev–Trinajstić information content (AvgIpc) is 2.63. The number of pyridine rings is 1. The smallest absolute Gasteiger partial charge is 0.0863 e. The maximum Gasteiger partial charge on any atom is 0.0863 e. The topological polar surface area (TPSA) is 25.9 Å². The summed E-state index contributed by atoms with van der Waals surface area (Å²) in [6.45, 7) is 10.9. The van der Waals surface area contributed by atoms with Gasteiger partial charge in [-0.15, -0.1) is 11.6 Å². The molecule has 2 saturated heterocycles. The van der Waals surface area contributed by atoms with Gasteiger partial charge in [-0.3, -0.25) is 14.8 Å². The van der Waals surface area contributed by atoms with Crippen LogP contribution in [0, 0.1) is 0 Å². The molecule has 3 atom stereocenters. The molecule has 1 aromatic rings. The van der Waals surface area contributed by atoms with Gasteiger partial charge in [-0.05, 0) is 45.1 Å². The first-order valence-electron chi connectivity index (χ1n) is 9.62. The summed E-state index contributed by atoms with van der Waals surface area (Å²) in [7, 11) is 2.22. The van der Waals surface area contributed by atoms with E-state index in [9.17, 15) is 0 Å². The van der Waals surface area contributed by atoms with Crippen LogP contribution in [-0.2, 0) is 23.6 Å². The molecule has 2 fully saturated rings. The molecule has 8 heteroatoms. The molecule has 2 aliphatic heterocycles. The Morgan fingerprint density at radius 1 is 1.00 bits per heavy atom. The number of rotatable bonds is 2. The second kappa shape index (κ2) is 13.3. The van der Waals surface area contributed by atoms with Crippen LogP contribution < -0.4 is 12.4 Å². The first kappa shape index (κ1) is 25.1. The van der Waals surface area contributed by atoms with Crippen molar-refractivity contribution in [1.82, 2.24) is 24.6 Å². The third-order valence-corrected chi connectivity index (χ3v) is 5.90. The Hall–Kier alpha value is 0.0895. The van der Waals surface area contributed by atoms with Gasteiger partial charge in [0.2, 0.25) is 0 Å². The quantitative estimate of drug-likeness (QED) is 0.317. The van der Waals surface area contributed by atoms with E-state index in [0.717, 1.165) is 71.0 Å². The van der Waals surface area contributed by atoms with E-state index in [4.69, 9.17) is 11.6 Å². The van der Waals surface area contributed by atoms with E-state index < -0.39 is 0 Å². The van der Waals surface area contributed by atoms with Crippen LogP contribution in [0.3, 0.4) is 0 Å². The summed E-state index contributed by atoms with van der Waals surface area (Å²) >= 11 is 6.75. The molecule has 2 aliphatic rings. The fourth-order valence-corrected chi connectivity index (χ4v) is 4.00. The van der Waals surface area contributed by atoms with Crippen molar-refractivity contribution in [3.8, 4) is 0 Å². The van der Waals surface area contributed by atoms with Gasteiger partial charge in [-0.2, -0.15) is 0 Å². The third-order valence-electron chi connectivity index (χ3n) is 5.41. The average molecular weight is 456 g/mol. The molecule has 3 unspecified atom stereocenters. The molecule has 5 nitrogen and oxygen atoms in total. The minimum Gasteiger partial charge on any atom is -1.00 e. The summed E-state index contributed by atoms with van der Waals surface area (Å²) in [4.78, 5) is 14.6. The molecule has 1 aromatic heterocycles. The Kier molecular flexibility index (Phi) is 12.4. The maximum atomic E-state index is 6.75. The van der Waals surface area contributed by atoms with Gasteiger partial charge in [-0.25, -0.2) is 0 Å². The van der Waals surface area contributed by atoms with Crippen molar-refractivity contribution in [1.29, 1.82) is 0 Å². The zero-order valence-corrected chi connectivity index (χ0v) is 18.9. The monoisotopic (exact) mass is 455 g/mol. The summed E-state index contributed by atoms with van der Waals surface area (Å²) in [5, 5.41) is 0. The largest absolute Gasteiger partial charge is 1.00 e. The second-order valence-electron chi connectivity index (χ2n) is 7.35. The Labute approximate surface area is 186 Å². The Morgan fingerprint density at radius 3 is 2.56 bits per heavy atom. The molecule has 0 amide bonds. The van der Waals surface area contributed by atoms with Gasteiger partial charge in [0, 0.05) is 75.6 Å². The van der Waals surface area contributed by atoms with E-state index in [1.807, 2.05) is 12.3 Å². The Morgan fingerprint density at radius 2 is 1.78 bits per heavy atom. The number of likely N-dealkylation sites (N-methyl/N-ethyl adjacent to an activating group) is 1. The zero-order chi connectivity index (χ0) is 17.5. The molecule has 2 bridgehead atoms. The Bertz CT molecular complexity index is 508. The normalized spacial score (nSPS) is 28.6. The second-order valence-corrected chi connectivity index (χ2v) is 7.86. The van der Waals surface area contributed by atoms with Crippen molar-refractivity contribution < 1.29 is 29.5 Å². The van der Waals surface area contributed by atoms with Crippen LogP contribution in [0.15, 0.2) is 24.4 Å². The Balaban J connectivity index is 0.00000182. The molecular formula is C19H32Cl2MnN5-. The summed E-state index contributed by atoms with van der Waals surface area (Å²) < 4.78 is 0. The molecule has 155 valence electrons. The maximum absolute atomic E-state index is 6.75. The van der Waals surface area contributed by atoms with Crippen LogP contribution in [0.25, 0.3) is 0 Å². The standard InChI is InChI=1S/C19H32ClN5.ClH.Mn/c1-22-10-6-19(20)25-15-13-23(12-11-22)8-4-9-24(14-16-25)17-18-5-2-3-7-21-18;;/h2-3,5,7,19H,4,6,8-17H2,1H3;1H;/p-1. The van der Waals surface area contributed by atoms with Gasteiger partial charge in [0.15, 0.2) is 0 Å². The number of hydrogen-bond donors (Lipinski definition) is 0. The van der Waals surface area contributed by atoms with E-state index >= 15 is 0 Å². The SMILES string of the molecule is CN1CCC(Cl)N2CCN(CCCN(Cc3ccccn3)CC2)CC1.[Cl-].[Mn]. The van der Waals surface area contributed by atoms with Crippen LogP contribution in [0.1, 0.15) is 18.5 Å². The van der Waals surface area contributed by atoms with E-state index in [2.05, 4.69) is 43.8 Å². The van der Waals surface area contributed by atoms with E-state index in [1.54, 1.807) is 0 Å². The van der Waals surface area contributed by atoms with Crippen molar-refractivity contribution in [2.45, 2.75) is 24.9 Å². The minimum atomic E-state index is 0. The summed E-state index contributed by atoms with van der Waals surface area (Å²) in [5.74, 6) is 0. The first-order chi connectivity index (χ1) is 12.2. The molecule has 0 aliphatic carbocycles. The van der Waals surface area contributed by atoms with Gasteiger partial charge in [0.25, 0.3) is 0 Å². The van der Waals surface area contributed by atoms with Crippen LogP contribution in [0.4, 0.5) is 0 Å². The number of fused-ring (bicyclic) bond motifs is 3. The molecule has 0 N–H and O–H groups in total. The van der Waals surface area contributed by atoms with Crippen LogP contribution in [0.2, 0.25) is 0 Å². The minimum absolute atomic E-state index is 0. The van der Waals surface area contributed by atoms with Crippen LogP contribution >= 0.6 is 11.6 Å². The fraction of sp³-hybridized carbons (Fsp3) is 0.737. The molecule has 0 spiro atoms. The van der Waals surface area contributed by atoms with Gasteiger partial charge in [0.1, 0.15) is 0 Å². The van der Waals surface area contributed by atoms with E-state index in [-0.39, 0.29) is 35.0 Å². The number of alkyl halides is 1. The van der Waals surface area contributed by atoms with Crippen molar-refractivity contribution in [2.24, 2.45) is 0 Å². The molecule has 3 heterocycles. The van der Waals surface area contributed by atoms with E-state index in [1.165, 1.54) is 13.0 Å². The van der Waals surface area contributed by atoms with Gasteiger partial charge in [0.05, 0.1) is 11.2 Å². The summed E-state index contributed by atoms with van der Waals surface area (Å²) in [6.07, 6.45) is 4.15. The zero-order valence-electron chi connectivity index (χ0n) is 16.2. The molecular weight excluding hydrogens is 424 g/mol. The van der Waals surface area contributed by atoms with Crippen molar-refractivity contribution >= 4 is 11.6 Å². The molecule has 3 rings (SSSR count). The van der Waals surface area contributed by atoms with Gasteiger partial charge >= 0.3 is 0 Å². The van der Waals surface area contributed by atoms with Crippen molar-refractivity contribution in [2.75, 3.05) is 66.0 Å². The van der Waals surface area contributed by atoms with Gasteiger partial charge in [-0.1, -0.05) is 6.07 Å². The summed E-state index contributed by atoms with van der Waals surface area (Å²) in [6, 6.07) is 6.19. The summed E-state index contributed by atoms with van der Waals surface area (Å²) in [5.41, 5.74) is 1.30. The molecule has 1 radical (unpaired) electrons. The predicted molar refractivity (Wildman–Crippen MR) is 104 cm³/mol. The molecule has 0 aromatic carbocycles. The predicted octanol–water partition coefficient (Wildman–Crippen LogP) is -1.21. The van der Waals surface area contributed by atoms with Crippen LogP contribution in [-0.4, -0.2) is 96.0 Å². The molecule has 0 saturated carbocycles. The fourth-order valence-electron chi connectivity index (χ4n) is 3.71.